The van der Waals surface area contributed by atoms with E-state index in [4.69, 9.17) is 0 Å². The summed E-state index contributed by atoms with van der Waals surface area (Å²) in [5.41, 5.74) is 1.27. The summed E-state index contributed by atoms with van der Waals surface area (Å²) in [6, 6.07) is 4.94. The van der Waals surface area contributed by atoms with E-state index in [2.05, 4.69) is 36.7 Å². The summed E-state index contributed by atoms with van der Waals surface area (Å²) in [6.07, 6.45) is 0.989. The number of rotatable bonds is 3. The zero-order valence-electron chi connectivity index (χ0n) is 9.08. The van der Waals surface area contributed by atoms with Crippen LogP contribution in [0, 0.1) is 10.1 Å². The highest BCUT2D eigenvalue weighted by Gasteiger charge is 2.22. The lowest BCUT2D eigenvalue weighted by molar-refractivity contribution is -0.384. The van der Waals surface area contributed by atoms with Gasteiger partial charge < -0.3 is 0 Å². The van der Waals surface area contributed by atoms with Gasteiger partial charge in [-0.25, -0.2) is 0 Å². The molecule has 82 valence electrons. The Labute approximate surface area is 97.8 Å². The van der Waals surface area contributed by atoms with Crippen LogP contribution >= 0.6 is 15.9 Å². The number of nitro groups is 1. The van der Waals surface area contributed by atoms with Crippen molar-refractivity contribution in [3.8, 4) is 0 Å². The minimum Gasteiger partial charge on any atom is -0.258 e. The molecular formula is C11H14BrNO2. The normalized spacial score (nSPS) is 11.5. The van der Waals surface area contributed by atoms with E-state index in [0.717, 1.165) is 16.5 Å². The van der Waals surface area contributed by atoms with Crippen LogP contribution in [0.25, 0.3) is 0 Å². The van der Waals surface area contributed by atoms with E-state index in [9.17, 15) is 10.1 Å². The second-order valence-corrected chi connectivity index (χ2v) is 5.01. The van der Waals surface area contributed by atoms with Gasteiger partial charge in [0.15, 0.2) is 0 Å². The largest absolute Gasteiger partial charge is 0.270 e. The monoisotopic (exact) mass is 271 g/mol. The molecule has 0 N–H and O–H groups in total. The van der Waals surface area contributed by atoms with Crippen LogP contribution in [0.3, 0.4) is 0 Å². The Morgan fingerprint density at radius 3 is 2.47 bits per heavy atom. The van der Waals surface area contributed by atoms with Gasteiger partial charge in [-0.15, -0.1) is 0 Å². The lowest BCUT2D eigenvalue weighted by Gasteiger charge is -2.24. The van der Waals surface area contributed by atoms with E-state index in [0.29, 0.717) is 0 Å². The van der Waals surface area contributed by atoms with E-state index in [-0.39, 0.29) is 16.0 Å². The van der Waals surface area contributed by atoms with Crippen molar-refractivity contribution in [3.63, 3.8) is 0 Å². The van der Waals surface area contributed by atoms with Gasteiger partial charge in [0.05, 0.1) is 4.92 Å². The zero-order valence-corrected chi connectivity index (χ0v) is 10.7. The Bertz CT molecular complexity index is 388. The molecule has 0 bridgehead atoms. The quantitative estimate of drug-likeness (QED) is 0.615. The molecule has 0 saturated heterocycles. The number of nitro benzene ring substituents is 1. The molecule has 1 aromatic rings. The molecule has 0 spiro atoms. The average Bonchev–Trinajstić information content (AvgIpc) is 2.17. The summed E-state index contributed by atoms with van der Waals surface area (Å²) < 4.78 is 0.809. The minimum absolute atomic E-state index is 0.0357. The van der Waals surface area contributed by atoms with E-state index < -0.39 is 0 Å². The molecule has 0 radical (unpaired) electrons. The van der Waals surface area contributed by atoms with Crippen molar-refractivity contribution >= 4 is 21.6 Å². The van der Waals surface area contributed by atoms with Crippen molar-refractivity contribution in [3.05, 3.63) is 38.3 Å². The molecule has 0 aliphatic heterocycles. The molecule has 15 heavy (non-hydrogen) atoms. The third-order valence-corrected chi connectivity index (χ3v) is 3.43. The van der Waals surface area contributed by atoms with Crippen molar-refractivity contribution in [1.82, 2.24) is 0 Å². The van der Waals surface area contributed by atoms with Gasteiger partial charge in [-0.3, -0.25) is 10.1 Å². The van der Waals surface area contributed by atoms with Crippen LogP contribution in [0.2, 0.25) is 0 Å². The number of hydrogen-bond donors (Lipinski definition) is 0. The molecule has 0 atom stereocenters. The second-order valence-electron chi connectivity index (χ2n) is 4.16. The first-order valence-electron chi connectivity index (χ1n) is 4.83. The number of hydrogen-bond acceptors (Lipinski definition) is 2. The molecule has 1 rings (SSSR count). The van der Waals surface area contributed by atoms with Crippen LogP contribution in [0.4, 0.5) is 5.69 Å². The summed E-state index contributed by atoms with van der Waals surface area (Å²) >= 11 is 3.39. The van der Waals surface area contributed by atoms with Gasteiger partial charge in [-0.2, -0.15) is 0 Å². The molecule has 4 heteroatoms. The first kappa shape index (κ1) is 12.2. The number of benzene rings is 1. The fourth-order valence-corrected chi connectivity index (χ4v) is 2.26. The fraction of sp³-hybridized carbons (Fsp3) is 0.455. The van der Waals surface area contributed by atoms with Gasteiger partial charge >= 0.3 is 0 Å². The van der Waals surface area contributed by atoms with E-state index in [1.165, 1.54) is 0 Å². The molecular weight excluding hydrogens is 258 g/mol. The van der Waals surface area contributed by atoms with Crippen molar-refractivity contribution in [2.24, 2.45) is 0 Å². The predicted molar refractivity (Wildman–Crippen MR) is 64.1 cm³/mol. The standard InChI is InChI=1S/C11H14BrNO2/c1-4-11(2,3)9-6-5-8(13(14)15)7-10(9)12/h5-7H,4H2,1-3H3. The Balaban J connectivity index is 3.19. The SMILES string of the molecule is CCC(C)(C)c1ccc([N+](=O)[O-])cc1Br. The van der Waals surface area contributed by atoms with Crippen LogP contribution in [0.5, 0.6) is 0 Å². The number of nitrogens with zero attached hydrogens (tertiary/aromatic N) is 1. The molecule has 1 aromatic carbocycles. The smallest absolute Gasteiger partial charge is 0.258 e. The molecule has 0 fully saturated rings. The fourth-order valence-electron chi connectivity index (χ4n) is 1.36. The molecule has 3 nitrogen and oxygen atoms in total. The van der Waals surface area contributed by atoms with Crippen LogP contribution in [-0.4, -0.2) is 4.92 Å². The summed E-state index contributed by atoms with van der Waals surface area (Å²) in [7, 11) is 0. The van der Waals surface area contributed by atoms with E-state index in [1.54, 1.807) is 12.1 Å². The highest BCUT2D eigenvalue weighted by molar-refractivity contribution is 9.10. The first-order chi connectivity index (χ1) is 6.88. The maximum absolute atomic E-state index is 10.6. The van der Waals surface area contributed by atoms with Crippen LogP contribution in [0.1, 0.15) is 32.8 Å². The third-order valence-electron chi connectivity index (χ3n) is 2.78. The summed E-state index contributed by atoms with van der Waals surface area (Å²) in [4.78, 5) is 10.2. The minimum atomic E-state index is -0.381. The Morgan fingerprint density at radius 2 is 2.07 bits per heavy atom. The summed E-state index contributed by atoms with van der Waals surface area (Å²) in [6.45, 7) is 6.35. The topological polar surface area (TPSA) is 43.1 Å². The van der Waals surface area contributed by atoms with Gasteiger partial charge in [0.2, 0.25) is 0 Å². The van der Waals surface area contributed by atoms with Crippen LogP contribution in [-0.2, 0) is 5.41 Å². The highest BCUT2D eigenvalue weighted by Crippen LogP contribution is 2.34. The molecule has 0 aliphatic carbocycles. The van der Waals surface area contributed by atoms with Crippen molar-refractivity contribution in [2.75, 3.05) is 0 Å². The van der Waals surface area contributed by atoms with E-state index >= 15 is 0 Å². The molecule has 0 aliphatic rings. The van der Waals surface area contributed by atoms with Crippen molar-refractivity contribution in [1.29, 1.82) is 0 Å². The van der Waals surface area contributed by atoms with Gasteiger partial charge in [-0.05, 0) is 17.4 Å². The summed E-state index contributed by atoms with van der Waals surface area (Å²) in [5.74, 6) is 0. The van der Waals surface area contributed by atoms with Gasteiger partial charge in [0, 0.05) is 16.6 Å². The highest BCUT2D eigenvalue weighted by atomic mass is 79.9. The number of halogens is 1. The van der Waals surface area contributed by atoms with Crippen LogP contribution < -0.4 is 0 Å². The predicted octanol–water partition coefficient (Wildman–Crippen LogP) is 4.04. The Morgan fingerprint density at radius 1 is 1.47 bits per heavy atom. The van der Waals surface area contributed by atoms with E-state index in [1.807, 2.05) is 6.07 Å². The lowest BCUT2D eigenvalue weighted by Crippen LogP contribution is -2.16. The third kappa shape index (κ3) is 2.56. The second kappa shape index (κ2) is 4.31. The average molecular weight is 272 g/mol. The molecule has 0 heterocycles. The number of non-ortho nitro benzene ring substituents is 1. The molecule has 0 saturated carbocycles. The summed E-state index contributed by atoms with van der Waals surface area (Å²) in [5, 5.41) is 10.6. The zero-order chi connectivity index (χ0) is 11.6. The van der Waals surface area contributed by atoms with Gasteiger partial charge in [-0.1, -0.05) is 42.8 Å². The maximum atomic E-state index is 10.6. The lowest BCUT2D eigenvalue weighted by atomic mass is 9.82. The Kier molecular flexibility index (Phi) is 3.50. The molecule has 0 unspecified atom stereocenters. The van der Waals surface area contributed by atoms with Crippen molar-refractivity contribution in [2.45, 2.75) is 32.6 Å². The Hall–Kier alpha value is -0.900. The maximum Gasteiger partial charge on any atom is 0.270 e. The van der Waals surface area contributed by atoms with Gasteiger partial charge in [0.25, 0.3) is 5.69 Å². The molecule has 0 aromatic heterocycles. The molecule has 0 amide bonds. The van der Waals surface area contributed by atoms with Gasteiger partial charge in [0.1, 0.15) is 0 Å². The van der Waals surface area contributed by atoms with Crippen LogP contribution in [0.15, 0.2) is 22.7 Å². The van der Waals surface area contributed by atoms with Crippen molar-refractivity contribution < 1.29 is 4.92 Å². The first-order valence-corrected chi connectivity index (χ1v) is 5.62.